The van der Waals surface area contributed by atoms with Crippen molar-refractivity contribution in [3.8, 4) is 6.07 Å². The lowest BCUT2D eigenvalue weighted by Gasteiger charge is -2.35. The SMILES string of the molecule is N#Cc1ccc(CN[C@H]2CC[C@@H](C(c3ccccc3)c3ccccc3)OC2)cc1. The number of hydrogen-bond acceptors (Lipinski definition) is 3. The van der Waals surface area contributed by atoms with E-state index >= 15 is 0 Å². The third-order valence-corrected chi connectivity index (χ3v) is 5.68. The fourth-order valence-corrected chi connectivity index (χ4v) is 4.10. The maximum absolute atomic E-state index is 8.91. The minimum atomic E-state index is 0.188. The summed E-state index contributed by atoms with van der Waals surface area (Å²) in [6.07, 6.45) is 2.31. The molecule has 0 aliphatic carbocycles. The molecule has 1 saturated heterocycles. The zero-order valence-electron chi connectivity index (χ0n) is 16.5. The summed E-state index contributed by atoms with van der Waals surface area (Å²) < 4.78 is 6.38. The second-order valence-corrected chi connectivity index (χ2v) is 7.63. The molecule has 3 aromatic rings. The average Bonchev–Trinajstić information content (AvgIpc) is 2.80. The van der Waals surface area contributed by atoms with Gasteiger partial charge in [0.2, 0.25) is 0 Å². The van der Waals surface area contributed by atoms with Crippen LogP contribution in [0.1, 0.15) is 41.0 Å². The molecule has 1 heterocycles. The standard InChI is InChI=1S/C26H26N2O/c27-17-20-11-13-21(14-12-20)18-28-24-15-16-25(29-19-24)26(22-7-3-1-4-8-22)23-9-5-2-6-10-23/h1-14,24-26,28H,15-16,18-19H2/t24-,25-/m0/s1. The van der Waals surface area contributed by atoms with Gasteiger partial charge in [0.15, 0.2) is 0 Å². The van der Waals surface area contributed by atoms with Crippen LogP contribution in [0.5, 0.6) is 0 Å². The molecule has 3 heteroatoms. The third-order valence-electron chi connectivity index (χ3n) is 5.68. The van der Waals surface area contributed by atoms with E-state index in [4.69, 9.17) is 10.00 Å². The van der Waals surface area contributed by atoms with Crippen molar-refractivity contribution in [2.75, 3.05) is 6.61 Å². The van der Waals surface area contributed by atoms with Gasteiger partial charge in [0.05, 0.1) is 24.3 Å². The molecule has 0 aromatic heterocycles. The highest BCUT2D eigenvalue weighted by atomic mass is 16.5. The molecule has 146 valence electrons. The lowest BCUT2D eigenvalue weighted by Crippen LogP contribution is -2.41. The van der Waals surface area contributed by atoms with Gasteiger partial charge in [0.25, 0.3) is 0 Å². The molecule has 29 heavy (non-hydrogen) atoms. The largest absolute Gasteiger partial charge is 0.376 e. The second-order valence-electron chi connectivity index (χ2n) is 7.63. The fraction of sp³-hybridized carbons (Fsp3) is 0.269. The Morgan fingerprint density at radius 2 is 1.48 bits per heavy atom. The van der Waals surface area contributed by atoms with E-state index in [2.05, 4.69) is 72.0 Å². The summed E-state index contributed by atoms with van der Waals surface area (Å²) in [5, 5.41) is 12.5. The van der Waals surface area contributed by atoms with E-state index in [0.717, 1.165) is 26.0 Å². The van der Waals surface area contributed by atoms with Crippen LogP contribution in [0, 0.1) is 11.3 Å². The zero-order chi connectivity index (χ0) is 19.9. The van der Waals surface area contributed by atoms with Crippen LogP contribution in [0.4, 0.5) is 0 Å². The van der Waals surface area contributed by atoms with Gasteiger partial charge in [0.1, 0.15) is 0 Å². The minimum absolute atomic E-state index is 0.188. The van der Waals surface area contributed by atoms with Gasteiger partial charge in [-0.2, -0.15) is 5.26 Å². The van der Waals surface area contributed by atoms with E-state index in [-0.39, 0.29) is 12.0 Å². The normalized spacial score (nSPS) is 19.0. The first kappa shape index (κ1) is 19.4. The van der Waals surface area contributed by atoms with Gasteiger partial charge in [-0.25, -0.2) is 0 Å². The number of rotatable bonds is 6. The first-order valence-electron chi connectivity index (χ1n) is 10.3. The van der Waals surface area contributed by atoms with E-state index in [9.17, 15) is 0 Å². The van der Waals surface area contributed by atoms with E-state index in [0.29, 0.717) is 11.6 Å². The second kappa shape index (κ2) is 9.52. The molecule has 4 rings (SSSR count). The summed E-state index contributed by atoms with van der Waals surface area (Å²) in [7, 11) is 0. The summed E-state index contributed by atoms with van der Waals surface area (Å²) in [5.41, 5.74) is 4.52. The number of nitriles is 1. The molecule has 3 nitrogen and oxygen atoms in total. The molecule has 0 unspecified atom stereocenters. The number of hydrogen-bond donors (Lipinski definition) is 1. The molecule has 3 aromatic carbocycles. The Bertz CT molecular complexity index is 884. The van der Waals surface area contributed by atoms with Crippen molar-refractivity contribution < 1.29 is 4.74 Å². The first-order chi connectivity index (χ1) is 14.3. The monoisotopic (exact) mass is 382 g/mol. The molecule has 0 saturated carbocycles. The van der Waals surface area contributed by atoms with Crippen molar-refractivity contribution >= 4 is 0 Å². The smallest absolute Gasteiger partial charge is 0.0991 e. The number of nitrogens with zero attached hydrogens (tertiary/aromatic N) is 1. The Kier molecular flexibility index (Phi) is 6.36. The van der Waals surface area contributed by atoms with Crippen molar-refractivity contribution in [3.05, 3.63) is 107 Å². The van der Waals surface area contributed by atoms with E-state index in [1.165, 1.54) is 16.7 Å². The molecule has 1 aliphatic heterocycles. The lowest BCUT2D eigenvalue weighted by atomic mass is 9.83. The molecule has 0 amide bonds. The van der Waals surface area contributed by atoms with E-state index in [1.54, 1.807) is 0 Å². The predicted octanol–water partition coefficient (Wildman–Crippen LogP) is 5.03. The fourth-order valence-electron chi connectivity index (χ4n) is 4.10. The highest BCUT2D eigenvalue weighted by Crippen LogP contribution is 2.34. The molecule has 2 atom stereocenters. The van der Waals surface area contributed by atoms with Crippen LogP contribution in [-0.4, -0.2) is 18.8 Å². The Hall–Kier alpha value is -2.93. The van der Waals surface area contributed by atoms with Gasteiger partial charge < -0.3 is 10.1 Å². The van der Waals surface area contributed by atoms with Crippen LogP contribution >= 0.6 is 0 Å². The quantitative estimate of drug-likeness (QED) is 0.650. The summed E-state index contributed by atoms with van der Waals surface area (Å²) >= 11 is 0. The van der Waals surface area contributed by atoms with Gasteiger partial charge in [-0.1, -0.05) is 72.8 Å². The van der Waals surface area contributed by atoms with Crippen molar-refractivity contribution in [2.24, 2.45) is 0 Å². The van der Waals surface area contributed by atoms with Crippen molar-refractivity contribution in [2.45, 2.75) is 37.5 Å². The van der Waals surface area contributed by atoms with Gasteiger partial charge in [-0.15, -0.1) is 0 Å². The van der Waals surface area contributed by atoms with Crippen LogP contribution in [0.2, 0.25) is 0 Å². The molecule has 1 N–H and O–H groups in total. The first-order valence-corrected chi connectivity index (χ1v) is 10.3. The van der Waals surface area contributed by atoms with Gasteiger partial charge in [0, 0.05) is 18.5 Å². The van der Waals surface area contributed by atoms with Gasteiger partial charge >= 0.3 is 0 Å². The van der Waals surface area contributed by atoms with Crippen LogP contribution in [0.15, 0.2) is 84.9 Å². The topological polar surface area (TPSA) is 45.0 Å². The lowest BCUT2D eigenvalue weighted by molar-refractivity contribution is -0.0116. The van der Waals surface area contributed by atoms with Crippen LogP contribution in [0.25, 0.3) is 0 Å². The number of benzene rings is 3. The number of ether oxygens (including phenoxy) is 1. The summed E-state index contributed by atoms with van der Waals surface area (Å²) in [4.78, 5) is 0. The Labute approximate surface area is 173 Å². The van der Waals surface area contributed by atoms with E-state index < -0.39 is 0 Å². The van der Waals surface area contributed by atoms with Gasteiger partial charge in [-0.3, -0.25) is 0 Å². The van der Waals surface area contributed by atoms with Crippen molar-refractivity contribution in [3.63, 3.8) is 0 Å². The Morgan fingerprint density at radius 3 is 2.00 bits per heavy atom. The summed E-state index contributed by atoms with van der Waals surface area (Å²) in [6.45, 7) is 1.52. The van der Waals surface area contributed by atoms with Gasteiger partial charge in [-0.05, 0) is 41.7 Å². The number of nitrogens with one attached hydrogen (secondary N) is 1. The molecular formula is C26H26N2O. The Morgan fingerprint density at radius 1 is 0.862 bits per heavy atom. The van der Waals surface area contributed by atoms with Crippen LogP contribution in [-0.2, 0) is 11.3 Å². The third kappa shape index (κ3) is 4.92. The van der Waals surface area contributed by atoms with Crippen molar-refractivity contribution in [1.29, 1.82) is 5.26 Å². The molecule has 1 aliphatic rings. The highest BCUT2D eigenvalue weighted by molar-refractivity contribution is 5.34. The molecule has 1 fully saturated rings. The predicted molar refractivity (Wildman–Crippen MR) is 115 cm³/mol. The minimum Gasteiger partial charge on any atom is -0.376 e. The average molecular weight is 383 g/mol. The maximum Gasteiger partial charge on any atom is 0.0991 e. The highest BCUT2D eigenvalue weighted by Gasteiger charge is 2.30. The summed E-state index contributed by atoms with van der Waals surface area (Å²) in [6, 6.07) is 31.7. The zero-order valence-corrected chi connectivity index (χ0v) is 16.5. The summed E-state index contributed by atoms with van der Waals surface area (Å²) in [5.74, 6) is 0.261. The molecule has 0 radical (unpaired) electrons. The maximum atomic E-state index is 8.91. The van der Waals surface area contributed by atoms with Crippen molar-refractivity contribution in [1.82, 2.24) is 5.32 Å². The molecule has 0 bridgehead atoms. The van der Waals surface area contributed by atoms with Crippen LogP contribution < -0.4 is 5.32 Å². The molecule has 0 spiro atoms. The van der Waals surface area contributed by atoms with E-state index in [1.807, 2.05) is 24.3 Å². The Balaban J connectivity index is 1.38. The molecular weight excluding hydrogens is 356 g/mol. The van der Waals surface area contributed by atoms with Crippen LogP contribution in [0.3, 0.4) is 0 Å².